The third-order valence-corrected chi connectivity index (χ3v) is 6.05. The summed E-state index contributed by atoms with van der Waals surface area (Å²) in [6.07, 6.45) is 4.97. The van der Waals surface area contributed by atoms with E-state index in [1.165, 1.54) is 12.8 Å². The molecular weight excluding hydrogens is 414 g/mol. The van der Waals surface area contributed by atoms with E-state index in [-0.39, 0.29) is 11.5 Å². The normalized spacial score (nSPS) is 13.8. The van der Waals surface area contributed by atoms with E-state index < -0.39 is 0 Å². The van der Waals surface area contributed by atoms with Crippen LogP contribution in [0, 0.1) is 6.92 Å². The van der Waals surface area contributed by atoms with Gasteiger partial charge in [-0.05, 0) is 93.3 Å². The van der Waals surface area contributed by atoms with E-state index in [0.29, 0.717) is 39.8 Å². The van der Waals surface area contributed by atoms with Crippen molar-refractivity contribution in [3.63, 3.8) is 0 Å². The van der Waals surface area contributed by atoms with Gasteiger partial charge in [-0.1, -0.05) is 12.1 Å². The Morgan fingerprint density at radius 2 is 1.67 bits per heavy atom. The number of hydrogen-bond acceptors (Lipinski definition) is 4. The van der Waals surface area contributed by atoms with Gasteiger partial charge in [0, 0.05) is 11.3 Å². The maximum absolute atomic E-state index is 13.0. The molecule has 0 atom stereocenters. The number of hydrogen-bond donors (Lipinski definition) is 1. The van der Waals surface area contributed by atoms with Gasteiger partial charge in [-0.3, -0.25) is 14.2 Å². The van der Waals surface area contributed by atoms with Crippen LogP contribution in [0.4, 0.5) is 5.69 Å². The predicted molar refractivity (Wildman–Crippen MR) is 129 cm³/mol. The van der Waals surface area contributed by atoms with Gasteiger partial charge in [0.2, 0.25) is 0 Å². The number of anilines is 1. The molecule has 0 radical (unpaired) electrons. The van der Waals surface area contributed by atoms with Gasteiger partial charge in [0.1, 0.15) is 11.6 Å². The number of benzene rings is 3. The molecule has 1 saturated carbocycles. The molecule has 1 aliphatic rings. The minimum atomic E-state index is -0.216. The van der Waals surface area contributed by atoms with Crippen molar-refractivity contribution in [1.29, 1.82) is 0 Å². The number of aryl methyl sites for hydroxylation is 1. The molecule has 0 spiro atoms. The summed E-state index contributed by atoms with van der Waals surface area (Å²) in [6.45, 7) is 1.80. The SMILES string of the molecule is Cc1nc2ccccc2c(=O)n1-c1ccc(C(=O)Nc2ccc(OC3CCCC3)cc2)cc1. The van der Waals surface area contributed by atoms with Crippen LogP contribution >= 0.6 is 0 Å². The molecule has 1 N–H and O–H groups in total. The van der Waals surface area contributed by atoms with Crippen molar-refractivity contribution < 1.29 is 9.53 Å². The van der Waals surface area contributed by atoms with Crippen LogP contribution < -0.4 is 15.6 Å². The summed E-state index contributed by atoms with van der Waals surface area (Å²) in [6, 6.07) is 21.7. The summed E-state index contributed by atoms with van der Waals surface area (Å²) < 4.78 is 7.54. The Hall–Kier alpha value is -3.93. The lowest BCUT2D eigenvalue weighted by atomic mass is 10.1. The lowest BCUT2D eigenvalue weighted by Gasteiger charge is -2.14. The molecular formula is C27H25N3O3. The average molecular weight is 440 g/mol. The van der Waals surface area contributed by atoms with Gasteiger partial charge in [-0.2, -0.15) is 0 Å². The van der Waals surface area contributed by atoms with E-state index in [1.54, 1.807) is 41.8 Å². The highest BCUT2D eigenvalue weighted by molar-refractivity contribution is 6.04. The number of nitrogens with zero attached hydrogens (tertiary/aromatic N) is 2. The molecule has 0 saturated heterocycles. The Morgan fingerprint density at radius 3 is 2.39 bits per heavy atom. The molecule has 3 aromatic carbocycles. The standard InChI is InChI=1S/C27H25N3O3/c1-18-28-25-9-5-4-8-24(25)27(32)30(18)21-14-10-19(11-15-21)26(31)29-20-12-16-23(17-13-20)33-22-6-2-3-7-22/h4-5,8-17,22H,2-3,6-7H2,1H3,(H,29,31). The lowest BCUT2D eigenvalue weighted by molar-refractivity contribution is 0.102. The van der Waals surface area contributed by atoms with Crippen molar-refractivity contribution in [1.82, 2.24) is 9.55 Å². The van der Waals surface area contributed by atoms with E-state index in [2.05, 4.69) is 10.3 Å². The molecule has 0 bridgehead atoms. The summed E-state index contributed by atoms with van der Waals surface area (Å²) in [7, 11) is 0. The zero-order valence-electron chi connectivity index (χ0n) is 18.5. The smallest absolute Gasteiger partial charge is 0.265 e. The van der Waals surface area contributed by atoms with E-state index in [0.717, 1.165) is 18.6 Å². The number of carbonyl (C=O) groups excluding carboxylic acids is 1. The lowest BCUT2D eigenvalue weighted by Crippen LogP contribution is -2.22. The van der Waals surface area contributed by atoms with Crippen molar-refractivity contribution in [3.8, 4) is 11.4 Å². The molecule has 166 valence electrons. The summed E-state index contributed by atoms with van der Waals surface area (Å²) in [5.41, 5.74) is 2.42. The summed E-state index contributed by atoms with van der Waals surface area (Å²) >= 11 is 0. The first-order valence-corrected chi connectivity index (χ1v) is 11.3. The minimum Gasteiger partial charge on any atom is -0.490 e. The number of rotatable bonds is 5. The number of amides is 1. The van der Waals surface area contributed by atoms with Gasteiger partial charge >= 0.3 is 0 Å². The van der Waals surface area contributed by atoms with Crippen molar-refractivity contribution in [2.45, 2.75) is 38.7 Å². The Balaban J connectivity index is 1.31. The van der Waals surface area contributed by atoms with Crippen molar-refractivity contribution in [3.05, 3.63) is 94.5 Å². The molecule has 1 fully saturated rings. The Bertz CT molecular complexity index is 1350. The maximum atomic E-state index is 13.0. The van der Waals surface area contributed by atoms with E-state index >= 15 is 0 Å². The zero-order chi connectivity index (χ0) is 22.8. The number of ether oxygens (including phenoxy) is 1. The molecule has 1 amide bonds. The van der Waals surface area contributed by atoms with Crippen molar-refractivity contribution in [2.75, 3.05) is 5.32 Å². The number of nitrogens with one attached hydrogen (secondary N) is 1. The Labute approximate surface area is 191 Å². The topological polar surface area (TPSA) is 73.2 Å². The molecule has 4 aromatic rings. The fraction of sp³-hybridized carbons (Fsp3) is 0.222. The zero-order valence-corrected chi connectivity index (χ0v) is 18.5. The molecule has 1 heterocycles. The number of aromatic nitrogens is 2. The van der Waals surface area contributed by atoms with Gasteiger partial charge < -0.3 is 10.1 Å². The predicted octanol–water partition coefficient (Wildman–Crippen LogP) is 5.27. The summed E-state index contributed by atoms with van der Waals surface area (Å²) in [5, 5.41) is 3.47. The van der Waals surface area contributed by atoms with Crippen LogP contribution in [0.25, 0.3) is 16.6 Å². The molecule has 1 aliphatic carbocycles. The fourth-order valence-corrected chi connectivity index (χ4v) is 4.33. The second-order valence-corrected chi connectivity index (χ2v) is 8.37. The number of para-hydroxylation sites is 1. The van der Waals surface area contributed by atoms with E-state index in [9.17, 15) is 9.59 Å². The van der Waals surface area contributed by atoms with Gasteiger partial charge in [0.25, 0.3) is 11.5 Å². The average Bonchev–Trinajstić information content (AvgIpc) is 3.34. The Kier molecular flexibility index (Phi) is 5.65. The highest BCUT2D eigenvalue weighted by atomic mass is 16.5. The molecule has 0 aliphatic heterocycles. The summed E-state index contributed by atoms with van der Waals surface area (Å²) in [5.74, 6) is 1.21. The van der Waals surface area contributed by atoms with Crippen LogP contribution in [0.2, 0.25) is 0 Å². The molecule has 33 heavy (non-hydrogen) atoms. The van der Waals surface area contributed by atoms with Gasteiger partial charge in [0.05, 0.1) is 22.7 Å². The van der Waals surface area contributed by atoms with Gasteiger partial charge in [-0.15, -0.1) is 0 Å². The largest absolute Gasteiger partial charge is 0.490 e. The van der Waals surface area contributed by atoms with Crippen LogP contribution in [-0.2, 0) is 0 Å². The second-order valence-electron chi connectivity index (χ2n) is 8.37. The maximum Gasteiger partial charge on any atom is 0.265 e. The third kappa shape index (κ3) is 4.37. The van der Waals surface area contributed by atoms with Gasteiger partial charge in [-0.25, -0.2) is 4.98 Å². The van der Waals surface area contributed by atoms with Crippen LogP contribution in [0.5, 0.6) is 5.75 Å². The first kappa shape index (κ1) is 20.9. The molecule has 0 unspecified atom stereocenters. The van der Waals surface area contributed by atoms with Gasteiger partial charge in [0.15, 0.2) is 0 Å². The summed E-state index contributed by atoms with van der Waals surface area (Å²) in [4.78, 5) is 30.2. The molecule has 6 nitrogen and oxygen atoms in total. The molecule has 5 rings (SSSR count). The first-order chi connectivity index (χ1) is 16.1. The molecule has 6 heteroatoms. The number of carbonyl (C=O) groups is 1. The quantitative estimate of drug-likeness (QED) is 0.460. The second kappa shape index (κ2) is 8.90. The Morgan fingerprint density at radius 1 is 0.970 bits per heavy atom. The first-order valence-electron chi connectivity index (χ1n) is 11.3. The highest BCUT2D eigenvalue weighted by Crippen LogP contribution is 2.25. The molecule has 1 aromatic heterocycles. The van der Waals surface area contributed by atoms with E-state index in [4.69, 9.17) is 4.74 Å². The van der Waals surface area contributed by atoms with E-state index in [1.807, 2.05) is 42.5 Å². The van der Waals surface area contributed by atoms with Crippen molar-refractivity contribution >= 4 is 22.5 Å². The highest BCUT2D eigenvalue weighted by Gasteiger charge is 2.16. The van der Waals surface area contributed by atoms with Crippen LogP contribution in [0.1, 0.15) is 41.9 Å². The van der Waals surface area contributed by atoms with Crippen LogP contribution in [-0.4, -0.2) is 21.6 Å². The monoisotopic (exact) mass is 439 g/mol. The minimum absolute atomic E-state index is 0.129. The van der Waals surface area contributed by atoms with Crippen molar-refractivity contribution in [2.24, 2.45) is 0 Å². The third-order valence-electron chi connectivity index (χ3n) is 6.05. The van der Waals surface area contributed by atoms with Crippen LogP contribution in [0.15, 0.2) is 77.6 Å². The fourth-order valence-electron chi connectivity index (χ4n) is 4.33. The number of fused-ring (bicyclic) bond motifs is 1. The van der Waals surface area contributed by atoms with Crippen LogP contribution in [0.3, 0.4) is 0 Å².